The Morgan fingerprint density at radius 1 is 1.08 bits per heavy atom. The Morgan fingerprint density at radius 3 is 2.24 bits per heavy atom. The Hall–Kier alpha value is -2.30. The third-order valence-corrected chi connectivity index (χ3v) is 4.41. The van der Waals surface area contributed by atoms with Crippen LogP contribution in [0.15, 0.2) is 60.9 Å². The van der Waals surface area contributed by atoms with E-state index < -0.39 is 0 Å². The molecule has 6 heteroatoms. The second-order valence-corrected chi connectivity index (χ2v) is 6.62. The molecule has 0 unspecified atom stereocenters. The number of nitrogens with one attached hydrogen (secondary N) is 1. The number of halogens is 2. The van der Waals surface area contributed by atoms with Crippen molar-refractivity contribution in [1.82, 2.24) is 14.9 Å². The highest BCUT2D eigenvalue weighted by atomic mass is 35.5. The molecule has 0 aliphatic rings. The molecular weight excluding hydrogens is 357 g/mol. The number of amides is 1. The molecule has 0 radical (unpaired) electrons. The molecule has 1 atom stereocenters. The molecule has 3 rings (SSSR count). The topological polar surface area (TPSA) is 46.9 Å². The summed E-state index contributed by atoms with van der Waals surface area (Å²) in [5, 5.41) is 4.36. The van der Waals surface area contributed by atoms with Gasteiger partial charge in [0.25, 0.3) is 0 Å². The highest BCUT2D eigenvalue weighted by Crippen LogP contribution is 2.22. The quantitative estimate of drug-likeness (QED) is 0.729. The molecule has 3 aromatic rings. The zero-order valence-electron chi connectivity index (χ0n) is 13.6. The lowest BCUT2D eigenvalue weighted by Gasteiger charge is -2.19. The van der Waals surface area contributed by atoms with Gasteiger partial charge in [-0.05, 0) is 35.4 Å². The fourth-order valence-corrected chi connectivity index (χ4v) is 2.86. The Morgan fingerprint density at radius 2 is 1.68 bits per heavy atom. The zero-order chi connectivity index (χ0) is 17.8. The summed E-state index contributed by atoms with van der Waals surface area (Å²) < 4.78 is 1.89. The fourth-order valence-electron chi connectivity index (χ4n) is 2.61. The molecule has 0 saturated carbocycles. The summed E-state index contributed by atoms with van der Waals surface area (Å²) in [7, 11) is 1.90. The Kier molecular flexibility index (Phi) is 5.41. The first-order valence-corrected chi connectivity index (χ1v) is 8.55. The molecule has 0 spiro atoms. The highest BCUT2D eigenvalue weighted by molar-refractivity contribution is 6.30. The van der Waals surface area contributed by atoms with E-state index in [2.05, 4.69) is 10.3 Å². The number of aromatic nitrogens is 2. The number of hydrogen-bond donors (Lipinski definition) is 1. The van der Waals surface area contributed by atoms with Crippen molar-refractivity contribution in [1.29, 1.82) is 0 Å². The SMILES string of the molecule is Cn1ccnc1[C@H](NC(=O)Cc1ccc(Cl)cc1)c1ccc(Cl)cc1. The van der Waals surface area contributed by atoms with Crippen molar-refractivity contribution in [3.8, 4) is 0 Å². The molecular formula is C19H17Cl2N3O. The van der Waals surface area contributed by atoms with E-state index in [1.807, 2.05) is 42.1 Å². The average Bonchev–Trinajstić information content (AvgIpc) is 3.01. The number of hydrogen-bond acceptors (Lipinski definition) is 2. The first-order valence-electron chi connectivity index (χ1n) is 7.79. The molecule has 0 aliphatic carbocycles. The first kappa shape index (κ1) is 17.5. The van der Waals surface area contributed by atoms with Crippen LogP contribution in [-0.2, 0) is 18.3 Å². The van der Waals surface area contributed by atoms with Gasteiger partial charge in [0.1, 0.15) is 11.9 Å². The second-order valence-electron chi connectivity index (χ2n) is 5.75. The number of carbonyl (C=O) groups is 1. The molecule has 2 aromatic carbocycles. The van der Waals surface area contributed by atoms with Gasteiger partial charge in [-0.25, -0.2) is 4.98 Å². The fraction of sp³-hybridized carbons (Fsp3) is 0.158. The lowest BCUT2D eigenvalue weighted by Crippen LogP contribution is -2.32. The van der Waals surface area contributed by atoms with E-state index in [-0.39, 0.29) is 18.4 Å². The summed E-state index contributed by atoms with van der Waals surface area (Å²) in [6.45, 7) is 0. The van der Waals surface area contributed by atoms with Crippen molar-refractivity contribution >= 4 is 29.1 Å². The molecule has 128 valence electrons. The van der Waals surface area contributed by atoms with Gasteiger partial charge >= 0.3 is 0 Å². The number of rotatable bonds is 5. The lowest BCUT2D eigenvalue weighted by molar-refractivity contribution is -0.121. The molecule has 1 heterocycles. The molecule has 1 amide bonds. The predicted octanol–water partition coefficient (Wildman–Crippen LogP) is 4.18. The van der Waals surface area contributed by atoms with Gasteiger partial charge in [0.05, 0.1) is 6.42 Å². The third-order valence-electron chi connectivity index (χ3n) is 3.90. The number of carbonyl (C=O) groups excluding carboxylic acids is 1. The van der Waals surface area contributed by atoms with E-state index in [4.69, 9.17) is 23.2 Å². The summed E-state index contributed by atoms with van der Waals surface area (Å²) in [6, 6.07) is 14.3. The molecule has 0 aliphatic heterocycles. The maximum Gasteiger partial charge on any atom is 0.225 e. The smallest absolute Gasteiger partial charge is 0.225 e. The van der Waals surface area contributed by atoms with E-state index >= 15 is 0 Å². The van der Waals surface area contributed by atoms with Gasteiger partial charge in [-0.15, -0.1) is 0 Å². The number of aryl methyl sites for hydroxylation is 1. The Bertz CT molecular complexity index is 857. The number of nitrogens with zero attached hydrogens (tertiary/aromatic N) is 2. The molecule has 25 heavy (non-hydrogen) atoms. The minimum absolute atomic E-state index is 0.0923. The van der Waals surface area contributed by atoms with Crippen molar-refractivity contribution in [2.45, 2.75) is 12.5 Å². The molecule has 0 fully saturated rings. The van der Waals surface area contributed by atoms with Gasteiger partial charge in [-0.3, -0.25) is 4.79 Å². The monoisotopic (exact) mass is 373 g/mol. The van der Waals surface area contributed by atoms with E-state index in [0.29, 0.717) is 10.0 Å². The van der Waals surface area contributed by atoms with Crippen LogP contribution in [0.25, 0.3) is 0 Å². The van der Waals surface area contributed by atoms with Crippen LogP contribution in [0, 0.1) is 0 Å². The Balaban J connectivity index is 1.82. The molecule has 1 aromatic heterocycles. The van der Waals surface area contributed by atoms with Crippen LogP contribution in [0.3, 0.4) is 0 Å². The molecule has 0 saturated heterocycles. The van der Waals surface area contributed by atoms with Crippen molar-refractivity contribution < 1.29 is 4.79 Å². The third kappa shape index (κ3) is 4.41. The minimum atomic E-state index is -0.350. The maximum atomic E-state index is 12.5. The maximum absolute atomic E-state index is 12.5. The molecule has 4 nitrogen and oxygen atoms in total. The Labute approximate surface area is 156 Å². The summed E-state index contributed by atoms with van der Waals surface area (Å²) in [5.41, 5.74) is 1.82. The van der Waals surface area contributed by atoms with Gasteiger partial charge in [0.2, 0.25) is 5.91 Å². The van der Waals surface area contributed by atoms with Crippen LogP contribution in [0.1, 0.15) is 23.0 Å². The minimum Gasteiger partial charge on any atom is -0.342 e. The number of imidazole rings is 1. The van der Waals surface area contributed by atoms with Crippen molar-refractivity contribution in [2.75, 3.05) is 0 Å². The van der Waals surface area contributed by atoms with Crippen molar-refractivity contribution in [3.05, 3.63) is 87.9 Å². The molecule has 0 bridgehead atoms. The van der Waals surface area contributed by atoms with Gasteiger partial charge in [-0.2, -0.15) is 0 Å². The lowest BCUT2D eigenvalue weighted by atomic mass is 10.1. The van der Waals surface area contributed by atoms with Crippen LogP contribution in [-0.4, -0.2) is 15.5 Å². The first-order chi connectivity index (χ1) is 12.0. The van der Waals surface area contributed by atoms with Crippen LogP contribution < -0.4 is 5.32 Å². The van der Waals surface area contributed by atoms with Crippen molar-refractivity contribution in [3.63, 3.8) is 0 Å². The number of benzene rings is 2. The summed E-state index contributed by atoms with van der Waals surface area (Å²) in [4.78, 5) is 16.9. The normalized spacial score (nSPS) is 12.0. The van der Waals surface area contributed by atoms with Crippen LogP contribution in [0.2, 0.25) is 10.0 Å². The van der Waals surface area contributed by atoms with Crippen LogP contribution >= 0.6 is 23.2 Å². The van der Waals surface area contributed by atoms with E-state index in [1.54, 1.807) is 30.5 Å². The van der Waals surface area contributed by atoms with Crippen LogP contribution in [0.5, 0.6) is 0 Å². The summed E-state index contributed by atoms with van der Waals surface area (Å²) in [6.07, 6.45) is 3.83. The predicted molar refractivity (Wildman–Crippen MR) is 99.8 cm³/mol. The van der Waals surface area contributed by atoms with E-state index in [9.17, 15) is 4.79 Å². The average molecular weight is 374 g/mol. The highest BCUT2D eigenvalue weighted by Gasteiger charge is 2.20. The van der Waals surface area contributed by atoms with Gasteiger partial charge in [0.15, 0.2) is 0 Å². The zero-order valence-corrected chi connectivity index (χ0v) is 15.1. The van der Waals surface area contributed by atoms with Crippen molar-refractivity contribution in [2.24, 2.45) is 7.05 Å². The molecule has 1 N–H and O–H groups in total. The van der Waals surface area contributed by atoms with Gasteiger partial charge in [0, 0.05) is 29.5 Å². The van der Waals surface area contributed by atoms with E-state index in [0.717, 1.165) is 17.0 Å². The summed E-state index contributed by atoms with van der Waals surface area (Å²) in [5.74, 6) is 0.664. The van der Waals surface area contributed by atoms with Gasteiger partial charge < -0.3 is 9.88 Å². The van der Waals surface area contributed by atoms with Gasteiger partial charge in [-0.1, -0.05) is 47.5 Å². The van der Waals surface area contributed by atoms with E-state index in [1.165, 1.54) is 0 Å². The standard InChI is InChI=1S/C19H17Cl2N3O/c1-24-11-10-22-19(24)18(14-4-8-16(21)9-5-14)23-17(25)12-13-2-6-15(20)7-3-13/h2-11,18H,12H2,1H3,(H,23,25)/t18-/m1/s1. The largest absolute Gasteiger partial charge is 0.342 e. The summed E-state index contributed by atoms with van der Waals surface area (Å²) >= 11 is 11.9. The van der Waals surface area contributed by atoms with Crippen LogP contribution in [0.4, 0.5) is 0 Å². The second kappa shape index (κ2) is 7.72.